The fourth-order valence-corrected chi connectivity index (χ4v) is 4.92. The maximum atomic E-state index is 13.3. The van der Waals surface area contributed by atoms with E-state index >= 15 is 0 Å². The summed E-state index contributed by atoms with van der Waals surface area (Å²) in [5, 5.41) is 8.42. The zero-order chi connectivity index (χ0) is 34.1. The third-order valence-electron chi connectivity index (χ3n) is 7.55. The van der Waals surface area contributed by atoms with Crippen LogP contribution in [0.15, 0.2) is 97.5 Å². The molecule has 0 saturated heterocycles. The molecule has 0 bridgehead atoms. The van der Waals surface area contributed by atoms with Gasteiger partial charge >= 0.3 is 0 Å². The second-order valence-electron chi connectivity index (χ2n) is 11.7. The van der Waals surface area contributed by atoms with E-state index in [2.05, 4.69) is 40.7 Å². The van der Waals surface area contributed by atoms with Gasteiger partial charge in [0, 0.05) is 63.5 Å². The second-order valence-corrected chi connectivity index (χ2v) is 11.7. The van der Waals surface area contributed by atoms with Crippen molar-refractivity contribution in [2.24, 2.45) is 5.73 Å². The molecule has 12 nitrogen and oxygen atoms in total. The van der Waals surface area contributed by atoms with Crippen LogP contribution in [0.4, 0.5) is 5.69 Å². The molecule has 4 aromatic rings. The summed E-state index contributed by atoms with van der Waals surface area (Å²) in [6.45, 7) is 6.91. The van der Waals surface area contributed by atoms with E-state index in [1.54, 1.807) is 32.4 Å². The zero-order valence-corrected chi connectivity index (χ0v) is 28.8. The normalized spacial score (nSPS) is 12.1. The lowest BCUT2D eigenvalue weighted by Gasteiger charge is -2.27. The Morgan fingerprint density at radius 2 is 1.22 bits per heavy atom. The van der Waals surface area contributed by atoms with E-state index in [0.29, 0.717) is 51.4 Å². The first-order chi connectivity index (χ1) is 23.2. The monoisotopic (exact) mass is 687 g/mol. The summed E-state index contributed by atoms with van der Waals surface area (Å²) in [4.78, 5) is 55.2. The topological polar surface area (TPSA) is 158 Å². The lowest BCUT2D eigenvalue weighted by Crippen LogP contribution is -2.49. The third-order valence-corrected chi connectivity index (χ3v) is 7.55. The van der Waals surface area contributed by atoms with Gasteiger partial charge in [-0.2, -0.15) is 0 Å². The summed E-state index contributed by atoms with van der Waals surface area (Å²) in [5.41, 5.74) is 10.0. The van der Waals surface area contributed by atoms with Gasteiger partial charge in [0.25, 0.3) is 0 Å². The number of halogens is 1. The molecule has 260 valence electrons. The molecular weight excluding hydrogens is 642 g/mol. The predicted molar refractivity (Wildman–Crippen MR) is 192 cm³/mol. The molecule has 49 heavy (non-hydrogen) atoms. The number of anilines is 1. The molecule has 0 saturated carbocycles. The number of nitrogens with one attached hydrogen (secondary N) is 3. The summed E-state index contributed by atoms with van der Waals surface area (Å²) in [6, 6.07) is 23.8. The van der Waals surface area contributed by atoms with Crippen molar-refractivity contribution in [1.82, 2.24) is 35.4 Å². The maximum Gasteiger partial charge on any atom is 0.242 e. The number of benzene rings is 1. The molecule has 0 spiro atoms. The van der Waals surface area contributed by atoms with Crippen molar-refractivity contribution in [2.75, 3.05) is 31.5 Å². The molecule has 3 aromatic heterocycles. The number of rotatable bonds is 18. The number of hydrogen-bond donors (Lipinski definition) is 4. The highest BCUT2D eigenvalue weighted by Crippen LogP contribution is 2.12. The number of pyridine rings is 3. The van der Waals surface area contributed by atoms with Gasteiger partial charge in [0.1, 0.15) is 6.04 Å². The Morgan fingerprint density at radius 1 is 0.714 bits per heavy atom. The first-order valence-electron chi connectivity index (χ1n) is 16.1. The largest absolute Gasteiger partial charge is 0.354 e. The van der Waals surface area contributed by atoms with Crippen molar-refractivity contribution < 1.29 is 14.4 Å². The van der Waals surface area contributed by atoms with E-state index in [0.717, 1.165) is 22.6 Å². The average Bonchev–Trinajstić information content (AvgIpc) is 3.09. The highest BCUT2D eigenvalue weighted by atomic mass is 35.5. The standard InChI is InChI=1S/C36H45N9O3.ClH/c1-27(37)35(47)42-28(2)36(48)41-20-16-29-12-14-30(15-13-29)43-34(46)26-45(25-33-11-5-8-19-40-33)22-21-44(23-31-9-3-6-17-38-31)24-32-10-4-7-18-39-32;/h3-15,17-19,27-28H,16,20-26,37H2,1-2H3,(H,41,48)(H,42,47)(H,43,46);1H/t27-,28-;/m0./s1. The van der Waals surface area contributed by atoms with Crippen molar-refractivity contribution in [3.63, 3.8) is 0 Å². The highest BCUT2D eigenvalue weighted by molar-refractivity contribution is 5.92. The highest BCUT2D eigenvalue weighted by Gasteiger charge is 2.18. The van der Waals surface area contributed by atoms with Gasteiger partial charge in [-0.15, -0.1) is 12.4 Å². The van der Waals surface area contributed by atoms with Gasteiger partial charge in [-0.25, -0.2) is 0 Å². The Morgan fingerprint density at radius 3 is 1.71 bits per heavy atom. The molecule has 1 aromatic carbocycles. The molecule has 2 atom stereocenters. The van der Waals surface area contributed by atoms with Gasteiger partial charge in [-0.1, -0.05) is 30.3 Å². The molecule has 4 rings (SSSR count). The number of amides is 3. The van der Waals surface area contributed by atoms with Crippen molar-refractivity contribution >= 4 is 35.8 Å². The van der Waals surface area contributed by atoms with Crippen molar-refractivity contribution in [1.29, 1.82) is 0 Å². The van der Waals surface area contributed by atoms with E-state index in [1.165, 1.54) is 0 Å². The predicted octanol–water partition coefficient (Wildman–Crippen LogP) is 2.95. The van der Waals surface area contributed by atoms with Crippen molar-refractivity contribution in [3.8, 4) is 0 Å². The molecule has 3 heterocycles. The minimum absolute atomic E-state index is 0. The quantitative estimate of drug-likeness (QED) is 0.123. The lowest BCUT2D eigenvalue weighted by atomic mass is 10.1. The first-order valence-corrected chi connectivity index (χ1v) is 16.1. The van der Waals surface area contributed by atoms with Crippen LogP contribution >= 0.6 is 12.4 Å². The van der Waals surface area contributed by atoms with Crippen LogP contribution in [-0.4, -0.2) is 80.7 Å². The van der Waals surface area contributed by atoms with Crippen LogP contribution in [0.3, 0.4) is 0 Å². The van der Waals surface area contributed by atoms with Gasteiger partial charge < -0.3 is 21.7 Å². The Labute approximate surface area is 294 Å². The number of aromatic nitrogens is 3. The van der Waals surface area contributed by atoms with Crippen LogP contribution in [0.1, 0.15) is 36.5 Å². The molecule has 5 N–H and O–H groups in total. The van der Waals surface area contributed by atoms with Gasteiger partial charge in [0.05, 0.1) is 29.7 Å². The molecular formula is C36H46ClN9O3. The Bertz CT molecular complexity index is 1520. The van der Waals surface area contributed by atoms with Gasteiger partial charge in [0.2, 0.25) is 17.7 Å². The van der Waals surface area contributed by atoms with Crippen LogP contribution in [0.2, 0.25) is 0 Å². The summed E-state index contributed by atoms with van der Waals surface area (Å²) >= 11 is 0. The van der Waals surface area contributed by atoms with Crippen LogP contribution in [0.25, 0.3) is 0 Å². The second kappa shape index (κ2) is 20.6. The van der Waals surface area contributed by atoms with Gasteiger partial charge in [-0.05, 0) is 74.4 Å². The smallest absolute Gasteiger partial charge is 0.242 e. The van der Waals surface area contributed by atoms with E-state index < -0.39 is 12.1 Å². The van der Waals surface area contributed by atoms with Crippen LogP contribution < -0.4 is 21.7 Å². The molecule has 3 amide bonds. The Kier molecular flexibility index (Phi) is 16.3. The Hall–Kier alpha value is -4.75. The number of nitrogens with zero attached hydrogens (tertiary/aromatic N) is 5. The number of carbonyl (C=O) groups is 3. The van der Waals surface area contributed by atoms with Crippen LogP contribution in [0, 0.1) is 0 Å². The summed E-state index contributed by atoms with van der Waals surface area (Å²) in [5.74, 6) is -0.784. The first kappa shape index (κ1) is 38.7. The number of carbonyl (C=O) groups excluding carboxylic acids is 3. The third kappa shape index (κ3) is 14.1. The minimum atomic E-state index is -0.682. The fourth-order valence-electron chi connectivity index (χ4n) is 4.92. The molecule has 13 heteroatoms. The summed E-state index contributed by atoms with van der Waals surface area (Å²) < 4.78 is 0. The van der Waals surface area contributed by atoms with E-state index in [-0.39, 0.29) is 36.7 Å². The Balaban J connectivity index is 0.00000650. The van der Waals surface area contributed by atoms with E-state index in [1.807, 2.05) is 78.9 Å². The fraction of sp³-hybridized carbons (Fsp3) is 0.333. The lowest BCUT2D eigenvalue weighted by molar-refractivity contribution is -0.129. The average molecular weight is 688 g/mol. The molecule has 0 aliphatic heterocycles. The molecule has 0 aliphatic carbocycles. The zero-order valence-electron chi connectivity index (χ0n) is 28.0. The van der Waals surface area contributed by atoms with E-state index in [9.17, 15) is 14.4 Å². The van der Waals surface area contributed by atoms with E-state index in [4.69, 9.17) is 5.73 Å². The number of nitrogens with two attached hydrogens (primary N) is 1. The number of hydrogen-bond acceptors (Lipinski definition) is 9. The SMILES string of the molecule is C[C@H](N)C(=O)N[C@@H](C)C(=O)NCCc1ccc(NC(=O)CN(CCN(Cc2ccccn2)Cc2ccccn2)Cc2ccccn2)cc1.Cl. The molecule has 0 unspecified atom stereocenters. The molecule has 0 fully saturated rings. The van der Waals surface area contributed by atoms with Crippen molar-refractivity contribution in [2.45, 2.75) is 52.0 Å². The van der Waals surface area contributed by atoms with Gasteiger partial charge in [-0.3, -0.25) is 39.1 Å². The van der Waals surface area contributed by atoms with Crippen molar-refractivity contribution in [3.05, 3.63) is 120 Å². The van der Waals surface area contributed by atoms with Crippen LogP contribution in [-0.2, 0) is 40.4 Å². The molecule has 0 radical (unpaired) electrons. The minimum Gasteiger partial charge on any atom is -0.354 e. The van der Waals surface area contributed by atoms with Gasteiger partial charge in [0.15, 0.2) is 0 Å². The summed E-state index contributed by atoms with van der Waals surface area (Å²) in [6.07, 6.45) is 5.95. The summed E-state index contributed by atoms with van der Waals surface area (Å²) in [7, 11) is 0. The maximum absolute atomic E-state index is 13.3. The van der Waals surface area contributed by atoms with Crippen LogP contribution in [0.5, 0.6) is 0 Å². The molecule has 0 aliphatic rings.